The van der Waals surface area contributed by atoms with Crippen LogP contribution in [0.3, 0.4) is 0 Å². The molecule has 1 heterocycles. The molecule has 8 nitrogen and oxygen atoms in total. The van der Waals surface area contributed by atoms with Crippen molar-refractivity contribution >= 4 is 60.6 Å². The Balaban J connectivity index is 1.58. The molecular formula is C27H23Br2FN4O4. The number of hydrogen-bond donors (Lipinski definition) is 1. The number of hydrogen-bond acceptors (Lipinski definition) is 6. The molecule has 38 heavy (non-hydrogen) atoms. The van der Waals surface area contributed by atoms with Gasteiger partial charge in [-0.3, -0.25) is 9.59 Å². The largest absolute Gasteiger partial charge is 0.490 e. The average molecular weight is 646 g/mol. The van der Waals surface area contributed by atoms with E-state index in [9.17, 15) is 14.0 Å². The van der Waals surface area contributed by atoms with Crippen molar-refractivity contribution in [2.45, 2.75) is 20.3 Å². The van der Waals surface area contributed by atoms with Crippen LogP contribution in [-0.2, 0) is 11.2 Å². The Hall–Kier alpha value is -3.57. The van der Waals surface area contributed by atoms with E-state index in [0.29, 0.717) is 57.0 Å². The standard InChI is InChI=1S/C27H23Br2FN4O4/c1-3-25-33-22-10-5-17(28)12-20(22)27(36)34(25)31-14-16-11-23(37-4-2)24(13-21(16)29)38-15-26(35)32-19-8-6-18(30)7-9-19/h5-14H,3-4,15H2,1-2H3,(H,32,35). The maximum Gasteiger partial charge on any atom is 0.282 e. The Morgan fingerprint density at radius 1 is 1.08 bits per heavy atom. The van der Waals surface area contributed by atoms with E-state index in [-0.39, 0.29) is 12.2 Å². The van der Waals surface area contributed by atoms with Crippen molar-refractivity contribution in [3.8, 4) is 11.5 Å². The van der Waals surface area contributed by atoms with Crippen molar-refractivity contribution in [3.05, 3.63) is 91.1 Å². The quantitative estimate of drug-likeness (QED) is 0.228. The van der Waals surface area contributed by atoms with Crippen LogP contribution in [0.1, 0.15) is 25.2 Å². The van der Waals surface area contributed by atoms with Gasteiger partial charge in [0.15, 0.2) is 18.1 Å². The van der Waals surface area contributed by atoms with Crippen LogP contribution in [0.15, 0.2) is 73.4 Å². The molecule has 11 heteroatoms. The molecule has 0 unspecified atom stereocenters. The van der Waals surface area contributed by atoms with Crippen LogP contribution >= 0.6 is 31.9 Å². The van der Waals surface area contributed by atoms with Gasteiger partial charge in [-0.05, 0) is 77.5 Å². The summed E-state index contributed by atoms with van der Waals surface area (Å²) in [5, 5.41) is 7.52. The lowest BCUT2D eigenvalue weighted by Crippen LogP contribution is -2.22. The summed E-state index contributed by atoms with van der Waals surface area (Å²) in [6.07, 6.45) is 2.04. The van der Waals surface area contributed by atoms with E-state index in [1.165, 1.54) is 35.2 Å². The second-order valence-corrected chi connectivity index (χ2v) is 9.77. The SMILES string of the molecule is CCOc1cc(C=Nn2c(CC)nc3ccc(Br)cc3c2=O)c(Br)cc1OCC(=O)Nc1ccc(F)cc1. The topological polar surface area (TPSA) is 94.8 Å². The number of aryl methyl sites for hydroxylation is 1. The van der Waals surface area contributed by atoms with Gasteiger partial charge < -0.3 is 14.8 Å². The van der Waals surface area contributed by atoms with E-state index < -0.39 is 11.7 Å². The number of benzene rings is 3. The van der Waals surface area contributed by atoms with Crippen molar-refractivity contribution < 1.29 is 18.7 Å². The molecule has 0 saturated heterocycles. The molecule has 0 spiro atoms. The number of carbonyl (C=O) groups is 1. The van der Waals surface area contributed by atoms with Gasteiger partial charge in [0.2, 0.25) is 0 Å². The van der Waals surface area contributed by atoms with Crippen molar-refractivity contribution in [3.63, 3.8) is 0 Å². The van der Waals surface area contributed by atoms with E-state index >= 15 is 0 Å². The summed E-state index contributed by atoms with van der Waals surface area (Å²) in [6, 6.07) is 14.1. The number of aromatic nitrogens is 2. The second kappa shape index (κ2) is 12.3. The number of anilines is 1. The van der Waals surface area contributed by atoms with Crippen LogP contribution in [0, 0.1) is 5.82 Å². The Bertz CT molecular complexity index is 1570. The van der Waals surface area contributed by atoms with Gasteiger partial charge in [0.1, 0.15) is 11.6 Å². The molecule has 0 aliphatic carbocycles. The van der Waals surface area contributed by atoms with E-state index in [1.807, 2.05) is 19.9 Å². The van der Waals surface area contributed by atoms with Crippen LogP contribution in [0.2, 0.25) is 0 Å². The van der Waals surface area contributed by atoms with Crippen molar-refractivity contribution in [2.75, 3.05) is 18.5 Å². The van der Waals surface area contributed by atoms with E-state index in [4.69, 9.17) is 9.47 Å². The Labute approximate surface area is 234 Å². The summed E-state index contributed by atoms with van der Waals surface area (Å²) in [5.74, 6) is 0.455. The Morgan fingerprint density at radius 3 is 2.53 bits per heavy atom. The fourth-order valence-electron chi connectivity index (χ4n) is 3.57. The maximum atomic E-state index is 13.2. The molecule has 0 saturated carbocycles. The number of fused-ring (bicyclic) bond motifs is 1. The van der Waals surface area contributed by atoms with E-state index in [0.717, 1.165) is 4.47 Å². The molecule has 0 aliphatic heterocycles. The smallest absolute Gasteiger partial charge is 0.282 e. The van der Waals surface area contributed by atoms with Gasteiger partial charge in [0, 0.05) is 26.6 Å². The number of carbonyl (C=O) groups excluding carboxylic acids is 1. The minimum absolute atomic E-state index is 0.280. The molecule has 0 aliphatic rings. The lowest BCUT2D eigenvalue weighted by Gasteiger charge is -2.14. The summed E-state index contributed by atoms with van der Waals surface area (Å²) < 4.78 is 27.2. The molecule has 0 bridgehead atoms. The summed E-state index contributed by atoms with van der Waals surface area (Å²) in [5.41, 5.74) is 1.40. The number of nitrogens with one attached hydrogen (secondary N) is 1. The van der Waals surface area contributed by atoms with Crippen LogP contribution in [0.5, 0.6) is 11.5 Å². The molecule has 1 N–H and O–H groups in total. The number of amides is 1. The summed E-state index contributed by atoms with van der Waals surface area (Å²) in [6.45, 7) is 3.80. The third-order valence-corrected chi connectivity index (χ3v) is 6.53. The molecular weight excluding hydrogens is 623 g/mol. The zero-order valence-corrected chi connectivity index (χ0v) is 23.7. The molecule has 3 aromatic carbocycles. The molecule has 0 fully saturated rings. The number of nitrogens with zero attached hydrogens (tertiary/aromatic N) is 3. The normalized spacial score (nSPS) is 11.2. The average Bonchev–Trinajstić information content (AvgIpc) is 2.90. The minimum atomic E-state index is -0.414. The molecule has 0 atom stereocenters. The van der Waals surface area contributed by atoms with Crippen molar-refractivity contribution in [1.29, 1.82) is 0 Å². The number of ether oxygens (including phenoxy) is 2. The number of halogens is 3. The van der Waals surface area contributed by atoms with Crippen LogP contribution in [0.25, 0.3) is 10.9 Å². The molecule has 0 radical (unpaired) electrons. The van der Waals surface area contributed by atoms with Gasteiger partial charge in [-0.15, -0.1) is 0 Å². The van der Waals surface area contributed by atoms with Gasteiger partial charge in [-0.1, -0.05) is 22.9 Å². The monoisotopic (exact) mass is 644 g/mol. The van der Waals surface area contributed by atoms with Crippen LogP contribution in [-0.4, -0.2) is 35.0 Å². The van der Waals surface area contributed by atoms with Gasteiger partial charge >= 0.3 is 0 Å². The minimum Gasteiger partial charge on any atom is -0.490 e. The summed E-state index contributed by atoms with van der Waals surface area (Å²) >= 11 is 6.90. The third kappa shape index (κ3) is 6.46. The molecule has 1 amide bonds. The first-order valence-electron chi connectivity index (χ1n) is 11.7. The lowest BCUT2D eigenvalue weighted by atomic mass is 10.2. The van der Waals surface area contributed by atoms with Gasteiger partial charge in [0.05, 0.1) is 23.7 Å². The third-order valence-electron chi connectivity index (χ3n) is 5.35. The predicted octanol–water partition coefficient (Wildman–Crippen LogP) is 5.92. The summed E-state index contributed by atoms with van der Waals surface area (Å²) in [4.78, 5) is 30.1. The maximum absolute atomic E-state index is 13.2. The van der Waals surface area contributed by atoms with Gasteiger partial charge in [-0.2, -0.15) is 9.78 Å². The molecule has 196 valence electrons. The highest BCUT2D eigenvalue weighted by Crippen LogP contribution is 2.33. The molecule has 4 rings (SSSR count). The number of rotatable bonds is 9. The predicted molar refractivity (Wildman–Crippen MR) is 152 cm³/mol. The zero-order chi connectivity index (χ0) is 27.2. The fourth-order valence-corrected chi connectivity index (χ4v) is 4.35. The van der Waals surface area contributed by atoms with Crippen LogP contribution in [0.4, 0.5) is 10.1 Å². The fraction of sp³-hybridized carbons (Fsp3) is 0.185. The highest BCUT2D eigenvalue weighted by molar-refractivity contribution is 9.10. The van der Waals surface area contributed by atoms with Crippen molar-refractivity contribution in [2.24, 2.45) is 5.10 Å². The molecule has 1 aromatic heterocycles. The van der Waals surface area contributed by atoms with Crippen LogP contribution < -0.4 is 20.3 Å². The highest BCUT2D eigenvalue weighted by Gasteiger charge is 2.14. The summed E-state index contributed by atoms with van der Waals surface area (Å²) in [7, 11) is 0. The first kappa shape index (κ1) is 27.5. The lowest BCUT2D eigenvalue weighted by molar-refractivity contribution is -0.118. The van der Waals surface area contributed by atoms with Crippen molar-refractivity contribution in [1.82, 2.24) is 9.66 Å². The first-order valence-corrected chi connectivity index (χ1v) is 13.3. The van der Waals surface area contributed by atoms with Gasteiger partial charge in [0.25, 0.3) is 11.5 Å². The Morgan fingerprint density at radius 2 is 1.82 bits per heavy atom. The van der Waals surface area contributed by atoms with E-state index in [2.05, 4.69) is 47.3 Å². The highest BCUT2D eigenvalue weighted by atomic mass is 79.9. The van der Waals surface area contributed by atoms with E-state index in [1.54, 1.807) is 24.3 Å². The second-order valence-electron chi connectivity index (χ2n) is 8.00. The Kier molecular flexibility index (Phi) is 8.90. The first-order chi connectivity index (χ1) is 18.3. The zero-order valence-electron chi connectivity index (χ0n) is 20.5. The van der Waals surface area contributed by atoms with Gasteiger partial charge in [-0.25, -0.2) is 9.37 Å². The molecule has 4 aromatic rings.